The zero-order valence-corrected chi connectivity index (χ0v) is 12.6. The normalized spacial score (nSPS) is 12.5. The Morgan fingerprint density at radius 3 is 2.39 bits per heavy atom. The van der Waals surface area contributed by atoms with Crippen LogP contribution in [0.25, 0.3) is 23.3 Å². The van der Waals surface area contributed by atoms with E-state index in [1.807, 2.05) is 30.3 Å². The van der Waals surface area contributed by atoms with Gasteiger partial charge in [0.2, 0.25) is 0 Å². The van der Waals surface area contributed by atoms with Crippen LogP contribution in [0, 0.1) is 0 Å². The van der Waals surface area contributed by atoms with Gasteiger partial charge in [0, 0.05) is 5.56 Å². The van der Waals surface area contributed by atoms with Crippen LogP contribution in [0.5, 0.6) is 11.5 Å². The molecule has 0 unspecified atom stereocenters. The van der Waals surface area contributed by atoms with Crippen molar-refractivity contribution >= 4 is 12.2 Å². The molecule has 1 heterocycles. The van der Waals surface area contributed by atoms with Crippen molar-refractivity contribution in [3.8, 4) is 22.6 Å². The van der Waals surface area contributed by atoms with Gasteiger partial charge in [0.1, 0.15) is 18.1 Å². The van der Waals surface area contributed by atoms with Gasteiger partial charge in [0.25, 0.3) is 0 Å². The van der Waals surface area contributed by atoms with E-state index in [-0.39, 0.29) is 5.75 Å². The molecule has 2 nitrogen and oxygen atoms in total. The molecular weight excluding hydrogens is 284 g/mol. The third-order valence-electron chi connectivity index (χ3n) is 4.06. The van der Waals surface area contributed by atoms with E-state index in [2.05, 4.69) is 36.4 Å². The minimum atomic E-state index is 0.282. The van der Waals surface area contributed by atoms with Crippen LogP contribution in [0.4, 0.5) is 0 Å². The second kappa shape index (κ2) is 5.65. The van der Waals surface area contributed by atoms with Gasteiger partial charge in [0.15, 0.2) is 0 Å². The lowest BCUT2D eigenvalue weighted by Crippen LogP contribution is -2.05. The molecule has 2 heteroatoms. The van der Waals surface area contributed by atoms with Crippen molar-refractivity contribution in [2.45, 2.75) is 6.61 Å². The zero-order valence-electron chi connectivity index (χ0n) is 12.6. The van der Waals surface area contributed by atoms with E-state index in [9.17, 15) is 5.11 Å². The third-order valence-corrected chi connectivity index (χ3v) is 4.06. The first kappa shape index (κ1) is 13.6. The maximum absolute atomic E-state index is 9.33. The Bertz CT molecular complexity index is 877. The maximum Gasteiger partial charge on any atom is 0.127 e. The largest absolute Gasteiger partial charge is 0.508 e. The molecule has 4 rings (SSSR count). The van der Waals surface area contributed by atoms with E-state index in [4.69, 9.17) is 4.74 Å². The highest BCUT2D eigenvalue weighted by Crippen LogP contribution is 2.38. The van der Waals surface area contributed by atoms with Crippen LogP contribution in [0.3, 0.4) is 0 Å². The summed E-state index contributed by atoms with van der Waals surface area (Å²) in [6.45, 7) is 0.631. The highest BCUT2D eigenvalue weighted by Gasteiger charge is 2.16. The Morgan fingerprint density at radius 2 is 1.52 bits per heavy atom. The third kappa shape index (κ3) is 2.71. The van der Waals surface area contributed by atoms with Crippen molar-refractivity contribution in [3.05, 3.63) is 83.4 Å². The monoisotopic (exact) mass is 300 g/mol. The molecule has 1 aliphatic rings. The number of benzene rings is 3. The fourth-order valence-electron chi connectivity index (χ4n) is 2.83. The van der Waals surface area contributed by atoms with Gasteiger partial charge in [-0.2, -0.15) is 0 Å². The molecule has 3 aromatic rings. The van der Waals surface area contributed by atoms with Gasteiger partial charge in [-0.1, -0.05) is 54.6 Å². The van der Waals surface area contributed by atoms with Gasteiger partial charge in [-0.05, 0) is 46.5 Å². The number of fused-ring (bicyclic) bond motifs is 3. The van der Waals surface area contributed by atoms with Gasteiger partial charge in [-0.15, -0.1) is 0 Å². The first-order valence-electron chi connectivity index (χ1n) is 7.62. The highest BCUT2D eigenvalue weighted by molar-refractivity contribution is 5.79. The van der Waals surface area contributed by atoms with E-state index in [0.717, 1.165) is 22.4 Å². The molecule has 0 aromatic heterocycles. The Labute approximate surface area is 135 Å². The molecule has 0 bridgehead atoms. The second-order valence-electron chi connectivity index (χ2n) is 5.63. The highest BCUT2D eigenvalue weighted by atomic mass is 16.5. The molecule has 0 amide bonds. The van der Waals surface area contributed by atoms with Crippen molar-refractivity contribution in [2.75, 3.05) is 0 Å². The first-order chi connectivity index (χ1) is 11.3. The average molecular weight is 300 g/mol. The van der Waals surface area contributed by atoms with Gasteiger partial charge in [0.05, 0.1) is 0 Å². The van der Waals surface area contributed by atoms with Gasteiger partial charge >= 0.3 is 0 Å². The van der Waals surface area contributed by atoms with Crippen molar-refractivity contribution in [3.63, 3.8) is 0 Å². The van der Waals surface area contributed by atoms with Crippen LogP contribution in [0.1, 0.15) is 16.7 Å². The molecule has 0 saturated carbocycles. The Morgan fingerprint density at radius 1 is 0.783 bits per heavy atom. The number of hydrogen-bond acceptors (Lipinski definition) is 2. The lowest BCUT2D eigenvalue weighted by atomic mass is 9.95. The van der Waals surface area contributed by atoms with E-state index in [1.165, 1.54) is 11.1 Å². The number of phenols is 1. The second-order valence-corrected chi connectivity index (χ2v) is 5.63. The summed E-state index contributed by atoms with van der Waals surface area (Å²) >= 11 is 0. The van der Waals surface area contributed by atoms with Crippen molar-refractivity contribution < 1.29 is 9.84 Å². The molecule has 0 fully saturated rings. The molecule has 1 N–H and O–H groups in total. The molecule has 0 atom stereocenters. The molecule has 3 aromatic carbocycles. The SMILES string of the molecule is Oc1ccc(/C=C/c2ccc3c(c2)-c2ccccc2CO3)cc1. The fraction of sp³-hybridized carbons (Fsp3) is 0.0476. The number of aromatic hydroxyl groups is 1. The lowest BCUT2D eigenvalue weighted by Gasteiger charge is -2.21. The van der Waals surface area contributed by atoms with Crippen molar-refractivity contribution in [1.82, 2.24) is 0 Å². The molecule has 0 aliphatic carbocycles. The van der Waals surface area contributed by atoms with E-state index in [0.29, 0.717) is 6.61 Å². The predicted molar refractivity (Wildman–Crippen MR) is 93.2 cm³/mol. The first-order valence-corrected chi connectivity index (χ1v) is 7.62. The summed E-state index contributed by atoms with van der Waals surface area (Å²) in [4.78, 5) is 0. The van der Waals surface area contributed by atoms with Gasteiger partial charge in [-0.3, -0.25) is 0 Å². The molecule has 112 valence electrons. The van der Waals surface area contributed by atoms with Crippen LogP contribution in [0.15, 0.2) is 66.7 Å². The number of phenolic OH excluding ortho intramolecular Hbond substituents is 1. The molecular formula is C21H16O2. The smallest absolute Gasteiger partial charge is 0.127 e. The zero-order chi connectivity index (χ0) is 15.6. The van der Waals surface area contributed by atoms with Crippen LogP contribution < -0.4 is 4.74 Å². The summed E-state index contributed by atoms with van der Waals surface area (Å²) in [5.74, 6) is 1.22. The Hall–Kier alpha value is -3.00. The maximum atomic E-state index is 9.33. The minimum Gasteiger partial charge on any atom is -0.508 e. The molecule has 1 aliphatic heterocycles. The summed E-state index contributed by atoms with van der Waals surface area (Å²) < 4.78 is 5.83. The summed E-state index contributed by atoms with van der Waals surface area (Å²) in [7, 11) is 0. The molecule has 0 radical (unpaired) electrons. The number of ether oxygens (including phenoxy) is 1. The van der Waals surface area contributed by atoms with Crippen LogP contribution in [-0.4, -0.2) is 5.11 Å². The van der Waals surface area contributed by atoms with E-state index in [1.54, 1.807) is 12.1 Å². The van der Waals surface area contributed by atoms with Crippen molar-refractivity contribution in [2.24, 2.45) is 0 Å². The van der Waals surface area contributed by atoms with E-state index < -0.39 is 0 Å². The van der Waals surface area contributed by atoms with E-state index >= 15 is 0 Å². The quantitative estimate of drug-likeness (QED) is 0.665. The summed E-state index contributed by atoms with van der Waals surface area (Å²) in [5, 5.41) is 9.33. The van der Waals surface area contributed by atoms with Gasteiger partial charge in [-0.25, -0.2) is 0 Å². The van der Waals surface area contributed by atoms with Crippen LogP contribution >= 0.6 is 0 Å². The minimum absolute atomic E-state index is 0.282. The summed E-state index contributed by atoms with van der Waals surface area (Å²) in [6.07, 6.45) is 4.11. The number of hydrogen-bond donors (Lipinski definition) is 1. The molecule has 23 heavy (non-hydrogen) atoms. The predicted octanol–water partition coefficient (Wildman–Crippen LogP) is 5.12. The average Bonchev–Trinajstić information content (AvgIpc) is 2.61. The molecule has 0 spiro atoms. The molecule has 0 saturated heterocycles. The Balaban J connectivity index is 1.69. The Kier molecular flexibility index (Phi) is 3.35. The standard InChI is InChI=1S/C21H16O2/c22-18-10-7-15(8-11-18)5-6-16-9-12-21-20(13-16)19-4-2-1-3-17(19)14-23-21/h1-13,22H,14H2/b6-5+. The lowest BCUT2D eigenvalue weighted by molar-refractivity contribution is 0.302. The summed E-state index contributed by atoms with van der Waals surface area (Å²) in [6, 6.07) is 21.8. The fourth-order valence-corrected chi connectivity index (χ4v) is 2.83. The van der Waals surface area contributed by atoms with Gasteiger partial charge < -0.3 is 9.84 Å². The topological polar surface area (TPSA) is 29.5 Å². The number of rotatable bonds is 2. The van der Waals surface area contributed by atoms with Crippen LogP contribution in [0.2, 0.25) is 0 Å². The summed E-state index contributed by atoms with van der Waals surface area (Å²) in [5.41, 5.74) is 5.78. The van der Waals surface area contributed by atoms with Crippen LogP contribution in [-0.2, 0) is 6.61 Å². The van der Waals surface area contributed by atoms with Crippen molar-refractivity contribution in [1.29, 1.82) is 0 Å².